The van der Waals surface area contributed by atoms with Gasteiger partial charge in [0.1, 0.15) is 0 Å². The number of benzene rings is 6. The Kier molecular flexibility index (Phi) is 12.6. The molecule has 0 unspecified atom stereocenters. The van der Waals surface area contributed by atoms with Crippen LogP contribution in [0.5, 0.6) is 0 Å². The molecule has 14 nitrogen and oxygen atoms in total. The zero-order valence-corrected chi connectivity index (χ0v) is 43.7. The summed E-state index contributed by atoms with van der Waals surface area (Å²) < 4.78 is 50.1. The van der Waals surface area contributed by atoms with Crippen LogP contribution in [0.2, 0.25) is 10.0 Å². The molecule has 6 aliphatic rings. The molecule has 6 aromatic rings. The predicted octanol–water partition coefficient (Wildman–Crippen LogP) is 8.32. The van der Waals surface area contributed by atoms with Crippen LogP contribution in [0.25, 0.3) is 0 Å². The first-order chi connectivity index (χ1) is 35.4. The first-order valence-corrected chi connectivity index (χ1v) is 28.9. The molecular weight excluding hydrogens is 1020 g/mol. The Bertz CT molecular complexity index is 3260. The van der Waals surface area contributed by atoms with Gasteiger partial charge in [-0.2, -0.15) is 8.61 Å². The van der Waals surface area contributed by atoms with Crippen LogP contribution >= 0.6 is 23.2 Å². The van der Waals surface area contributed by atoms with Gasteiger partial charge >= 0.3 is 0 Å². The van der Waals surface area contributed by atoms with Gasteiger partial charge in [0.05, 0.1) is 34.7 Å². The van der Waals surface area contributed by atoms with E-state index in [4.69, 9.17) is 23.2 Å². The van der Waals surface area contributed by atoms with E-state index in [1.54, 1.807) is 56.0 Å². The quantitative estimate of drug-likeness (QED) is 0.147. The lowest BCUT2D eigenvalue weighted by molar-refractivity contribution is -0.120. The van der Waals surface area contributed by atoms with Crippen LogP contribution in [0.15, 0.2) is 146 Å². The number of carbonyl (C=O) groups excluding carboxylic acids is 4. The van der Waals surface area contributed by atoms with Crippen molar-refractivity contribution in [1.82, 2.24) is 18.4 Å². The van der Waals surface area contributed by atoms with Gasteiger partial charge in [0, 0.05) is 96.7 Å². The van der Waals surface area contributed by atoms with Gasteiger partial charge in [0.15, 0.2) is 0 Å². The van der Waals surface area contributed by atoms with Crippen molar-refractivity contribution in [2.45, 2.75) is 35.5 Å². The topological polar surface area (TPSA) is 156 Å². The molecular formula is C56H52Cl2N6O8S2. The van der Waals surface area contributed by atoms with Gasteiger partial charge in [-0.15, -0.1) is 0 Å². The summed E-state index contributed by atoms with van der Waals surface area (Å²) in [6.07, 6.45) is 3.82. The van der Waals surface area contributed by atoms with E-state index < -0.39 is 30.9 Å². The maximum absolute atomic E-state index is 14.1. The van der Waals surface area contributed by atoms with E-state index in [0.717, 1.165) is 46.5 Å². The van der Waals surface area contributed by atoms with Gasteiger partial charge in [0.2, 0.25) is 31.9 Å². The largest absolute Gasteiger partial charge is 0.336 e. The Morgan fingerprint density at radius 3 is 1.18 bits per heavy atom. The lowest BCUT2D eigenvalue weighted by atomic mass is 9.92. The molecule has 6 aromatic carbocycles. The number of para-hydroxylation sites is 2. The molecule has 2 saturated carbocycles. The number of amides is 4. The summed E-state index contributed by atoms with van der Waals surface area (Å²) in [4.78, 5) is 61.5. The maximum atomic E-state index is 14.1. The van der Waals surface area contributed by atoms with Crippen molar-refractivity contribution in [2.24, 2.45) is 0 Å². The fraction of sp³-hybridized carbons (Fsp3) is 0.286. The van der Waals surface area contributed by atoms with Crippen LogP contribution in [0, 0.1) is 0 Å². The van der Waals surface area contributed by atoms with Crippen LogP contribution in [-0.2, 0) is 40.5 Å². The third kappa shape index (κ3) is 8.68. The number of hydrogen-bond acceptors (Lipinski definition) is 8. The zero-order chi connectivity index (χ0) is 51.9. The number of nitrogens with zero attached hydrogens (tertiary/aromatic N) is 6. The van der Waals surface area contributed by atoms with Crippen LogP contribution in [0.1, 0.15) is 67.6 Å². The molecule has 4 fully saturated rings. The summed E-state index contributed by atoms with van der Waals surface area (Å²) >= 11 is 12.2. The summed E-state index contributed by atoms with van der Waals surface area (Å²) in [6.45, 7) is 2.41. The summed E-state index contributed by atoms with van der Waals surface area (Å²) in [6, 6.07) is 45.4. The molecule has 12 rings (SSSR count). The minimum Gasteiger partial charge on any atom is -0.336 e. The van der Waals surface area contributed by atoms with Crippen molar-refractivity contribution in [3.63, 3.8) is 0 Å². The Morgan fingerprint density at radius 2 is 0.824 bits per heavy atom. The molecule has 4 aliphatic heterocycles. The maximum Gasteiger partial charge on any atom is 0.254 e. The lowest BCUT2D eigenvalue weighted by Gasteiger charge is -2.33. The number of carbonyl (C=O) groups is 4. The van der Waals surface area contributed by atoms with E-state index in [2.05, 4.69) is 0 Å². The van der Waals surface area contributed by atoms with Crippen molar-refractivity contribution in [3.05, 3.63) is 189 Å². The highest BCUT2D eigenvalue weighted by Crippen LogP contribution is 2.68. The molecule has 2 aliphatic carbocycles. The molecule has 4 atom stereocenters. The summed E-state index contributed by atoms with van der Waals surface area (Å²) in [5, 5.41) is 1.33. The molecule has 0 N–H and O–H groups in total. The average Bonchev–Trinajstić information content (AvgIpc) is 4.32. The standard InChI is InChI=1S/2C28H26ClN3O4S/c2*1-37(35,36)31-15-13-30(14-16-31)26(33)20-5-4-6-22(17-20)32-25-8-3-2-7-23(25)28(27(32)34)18-24(28)19-9-11-21(29)12-10-19/h2*2-12,17,24H,13-16,18H2,1H3/t2*24-,28-/m11/s1. The van der Waals surface area contributed by atoms with Crippen LogP contribution in [0.4, 0.5) is 22.7 Å². The molecule has 380 valence electrons. The summed E-state index contributed by atoms with van der Waals surface area (Å²) in [5.74, 6) is -0.177. The highest BCUT2D eigenvalue weighted by atomic mass is 35.5. The van der Waals surface area contributed by atoms with E-state index in [-0.39, 0.29) is 61.6 Å². The van der Waals surface area contributed by atoms with E-state index in [0.29, 0.717) is 58.7 Å². The van der Waals surface area contributed by atoms with E-state index >= 15 is 0 Å². The van der Waals surface area contributed by atoms with E-state index in [1.807, 2.05) is 109 Å². The third-order valence-electron chi connectivity index (χ3n) is 15.6. The van der Waals surface area contributed by atoms with Crippen LogP contribution in [0.3, 0.4) is 0 Å². The molecule has 0 bridgehead atoms. The number of anilines is 4. The fourth-order valence-electron chi connectivity index (χ4n) is 11.6. The highest BCUT2D eigenvalue weighted by Gasteiger charge is 2.68. The molecule has 2 saturated heterocycles. The summed E-state index contributed by atoms with van der Waals surface area (Å²) in [5.41, 5.74) is 6.89. The minimum absolute atomic E-state index is 0.0139. The van der Waals surface area contributed by atoms with Crippen LogP contribution in [-0.4, -0.2) is 124 Å². The SMILES string of the molecule is CS(=O)(=O)N1CCN(C(=O)c2cccc(N3C(=O)[C@]4(C[C@@H]4c4ccc(Cl)cc4)c4ccccc43)c2)CC1.CS(=O)(=O)N1CCN(C(=O)c2cccc(N3C(=O)[C@]4(C[C@@H]4c4ccc(Cl)cc4)c4ccccc43)c2)CC1. The van der Waals surface area contributed by atoms with Crippen molar-refractivity contribution in [2.75, 3.05) is 74.7 Å². The number of piperazine rings is 2. The molecule has 4 heterocycles. The Morgan fingerprint density at radius 1 is 0.473 bits per heavy atom. The fourth-order valence-corrected chi connectivity index (χ4v) is 13.5. The lowest BCUT2D eigenvalue weighted by Crippen LogP contribution is -2.50. The summed E-state index contributed by atoms with van der Waals surface area (Å²) in [7, 11) is -6.56. The monoisotopic (exact) mass is 1070 g/mol. The minimum atomic E-state index is -3.28. The van der Waals surface area contributed by atoms with E-state index in [9.17, 15) is 36.0 Å². The Hall–Kier alpha value is -6.40. The van der Waals surface area contributed by atoms with Crippen molar-refractivity contribution in [1.29, 1.82) is 0 Å². The van der Waals surface area contributed by atoms with Crippen LogP contribution < -0.4 is 9.80 Å². The third-order valence-corrected chi connectivity index (χ3v) is 18.7. The number of hydrogen-bond donors (Lipinski definition) is 0. The number of halogens is 2. The molecule has 0 radical (unpaired) electrons. The second-order valence-electron chi connectivity index (χ2n) is 19.9. The van der Waals surface area contributed by atoms with E-state index in [1.165, 1.54) is 21.1 Å². The number of fused-ring (bicyclic) bond motifs is 4. The van der Waals surface area contributed by atoms with Gasteiger partial charge in [-0.05, 0) is 108 Å². The first kappa shape index (κ1) is 49.8. The Balaban J connectivity index is 0.000000159. The molecule has 0 aromatic heterocycles. The highest BCUT2D eigenvalue weighted by molar-refractivity contribution is 7.88. The van der Waals surface area contributed by atoms with Gasteiger partial charge in [-0.3, -0.25) is 29.0 Å². The predicted molar refractivity (Wildman–Crippen MR) is 286 cm³/mol. The van der Waals surface area contributed by atoms with Gasteiger partial charge < -0.3 is 9.80 Å². The second kappa shape index (κ2) is 18.8. The molecule has 18 heteroatoms. The normalized spacial score (nSPS) is 23.4. The number of rotatable bonds is 8. The van der Waals surface area contributed by atoms with Gasteiger partial charge in [-0.25, -0.2) is 16.8 Å². The van der Waals surface area contributed by atoms with Gasteiger partial charge in [0.25, 0.3) is 11.8 Å². The van der Waals surface area contributed by atoms with Crippen molar-refractivity contribution >= 4 is 89.6 Å². The van der Waals surface area contributed by atoms with Crippen molar-refractivity contribution in [3.8, 4) is 0 Å². The van der Waals surface area contributed by atoms with Crippen molar-refractivity contribution < 1.29 is 36.0 Å². The molecule has 4 amide bonds. The van der Waals surface area contributed by atoms with Gasteiger partial charge in [-0.1, -0.05) is 96.0 Å². The number of sulfonamides is 2. The zero-order valence-electron chi connectivity index (χ0n) is 40.6. The Labute approximate surface area is 440 Å². The second-order valence-corrected chi connectivity index (χ2v) is 24.7. The first-order valence-electron chi connectivity index (χ1n) is 24.5. The molecule has 74 heavy (non-hydrogen) atoms. The molecule has 2 spiro atoms. The smallest absolute Gasteiger partial charge is 0.254 e. The average molecular weight is 1070 g/mol.